The molecule has 0 aliphatic carbocycles. The van der Waals surface area contributed by atoms with E-state index in [1.165, 1.54) is 13.8 Å². The highest BCUT2D eigenvalue weighted by Gasteiger charge is 2.35. The van der Waals surface area contributed by atoms with Gasteiger partial charge in [-0.3, -0.25) is 19.2 Å². The Balaban J connectivity index is -0.00000180. The van der Waals surface area contributed by atoms with Crippen LogP contribution in [0.3, 0.4) is 0 Å². The molecule has 0 aliphatic heterocycles. The maximum Gasteiger partial charge on any atom is 0.252 e. The summed E-state index contributed by atoms with van der Waals surface area (Å²) < 4.78 is 0. The molecule has 0 saturated carbocycles. The molecule has 4 amide bonds. The van der Waals surface area contributed by atoms with Crippen LogP contribution in [0.2, 0.25) is 0 Å². The SMILES string of the molecule is CC(C)(NC(=O)[C@H](O)[C@@H](O)C(=O)NCC(N)=O)C(N)=O.Cl.Cl. The van der Waals surface area contributed by atoms with Crippen molar-refractivity contribution in [2.75, 3.05) is 6.54 Å². The largest absolute Gasteiger partial charge is 0.380 e. The number of nitrogens with two attached hydrogens (primary N) is 2. The molecule has 2 atom stereocenters. The Hall–Kier alpha value is -1.62. The molecule has 8 N–H and O–H groups in total. The van der Waals surface area contributed by atoms with E-state index in [0.29, 0.717) is 0 Å². The van der Waals surface area contributed by atoms with Gasteiger partial charge in [0.15, 0.2) is 12.2 Å². The van der Waals surface area contributed by atoms with E-state index in [1.54, 1.807) is 0 Å². The van der Waals surface area contributed by atoms with Gasteiger partial charge < -0.3 is 32.3 Å². The van der Waals surface area contributed by atoms with Gasteiger partial charge >= 0.3 is 0 Å². The minimum Gasteiger partial charge on any atom is -0.380 e. The van der Waals surface area contributed by atoms with E-state index >= 15 is 0 Å². The van der Waals surface area contributed by atoms with Crippen LogP contribution in [0.4, 0.5) is 0 Å². The van der Waals surface area contributed by atoms with Crippen LogP contribution in [0.15, 0.2) is 0 Å². The molecule has 0 bridgehead atoms. The predicted molar refractivity (Wildman–Crippen MR) is 80.1 cm³/mol. The number of hydrogen-bond acceptors (Lipinski definition) is 6. The highest BCUT2D eigenvalue weighted by Crippen LogP contribution is 2.03. The standard InChI is InChI=1S/C10H18N4O6.2ClH/c1-10(2,9(12)20)14-8(19)6(17)5(16)7(18)13-3-4(11)15;;/h5-6,16-17H,3H2,1-2H3,(H2,11,15)(H2,12,20)(H,13,18)(H,14,19);2*1H/t5-,6-;;/m1../s1. The second-order valence-corrected chi connectivity index (χ2v) is 4.55. The highest BCUT2D eigenvalue weighted by atomic mass is 35.5. The van der Waals surface area contributed by atoms with Crippen molar-refractivity contribution < 1.29 is 29.4 Å². The summed E-state index contributed by atoms with van der Waals surface area (Å²) in [5, 5.41) is 22.9. The molecule has 0 aromatic carbocycles. The van der Waals surface area contributed by atoms with Crippen molar-refractivity contribution in [2.24, 2.45) is 11.5 Å². The third-order valence-electron chi connectivity index (χ3n) is 2.32. The second-order valence-electron chi connectivity index (χ2n) is 4.55. The molecular weight excluding hydrogens is 343 g/mol. The molecule has 0 fully saturated rings. The quantitative estimate of drug-likeness (QED) is 0.273. The van der Waals surface area contributed by atoms with Crippen molar-refractivity contribution in [3.63, 3.8) is 0 Å². The monoisotopic (exact) mass is 362 g/mol. The molecule has 0 rings (SSSR count). The molecule has 0 aromatic rings. The predicted octanol–water partition coefficient (Wildman–Crippen LogP) is -3.47. The van der Waals surface area contributed by atoms with Gasteiger partial charge in [-0.1, -0.05) is 0 Å². The lowest BCUT2D eigenvalue weighted by Gasteiger charge is -2.25. The molecule has 0 heterocycles. The molecule has 130 valence electrons. The number of hydrogen-bond donors (Lipinski definition) is 6. The van der Waals surface area contributed by atoms with Crippen LogP contribution in [0, 0.1) is 0 Å². The summed E-state index contributed by atoms with van der Waals surface area (Å²) in [6.45, 7) is 2.00. The average molecular weight is 363 g/mol. The summed E-state index contributed by atoms with van der Waals surface area (Å²) >= 11 is 0. The Morgan fingerprint density at radius 1 is 1.00 bits per heavy atom. The maximum atomic E-state index is 11.5. The first-order chi connectivity index (χ1) is 8.99. The number of amides is 4. The fraction of sp³-hybridized carbons (Fsp3) is 0.600. The van der Waals surface area contributed by atoms with Crippen molar-refractivity contribution in [1.29, 1.82) is 0 Å². The van der Waals surface area contributed by atoms with Crippen molar-refractivity contribution >= 4 is 48.4 Å². The lowest BCUT2D eigenvalue weighted by atomic mass is 10.0. The number of nitrogens with one attached hydrogen (secondary N) is 2. The van der Waals surface area contributed by atoms with Crippen molar-refractivity contribution in [2.45, 2.75) is 31.6 Å². The first kappa shape index (κ1) is 25.3. The second kappa shape index (κ2) is 10.2. The van der Waals surface area contributed by atoms with Crippen molar-refractivity contribution in [3.05, 3.63) is 0 Å². The summed E-state index contributed by atoms with van der Waals surface area (Å²) in [4.78, 5) is 44.3. The van der Waals surface area contributed by atoms with E-state index in [0.717, 1.165) is 0 Å². The molecule has 0 aliphatic rings. The highest BCUT2D eigenvalue weighted by molar-refractivity contribution is 5.95. The zero-order chi connectivity index (χ0) is 16.1. The minimum absolute atomic E-state index is 0. The van der Waals surface area contributed by atoms with Crippen LogP contribution in [0.5, 0.6) is 0 Å². The van der Waals surface area contributed by atoms with Crippen LogP contribution in [-0.2, 0) is 19.2 Å². The number of aliphatic hydroxyl groups excluding tert-OH is 2. The molecule has 0 saturated heterocycles. The summed E-state index contributed by atoms with van der Waals surface area (Å²) in [7, 11) is 0. The van der Waals surface area contributed by atoms with Gasteiger partial charge in [0, 0.05) is 0 Å². The van der Waals surface area contributed by atoms with Crippen LogP contribution in [0.25, 0.3) is 0 Å². The Kier molecular flexibility index (Phi) is 11.7. The van der Waals surface area contributed by atoms with Crippen LogP contribution in [-0.4, -0.2) is 58.1 Å². The molecular formula is C10H20Cl2N4O6. The van der Waals surface area contributed by atoms with Gasteiger partial charge in [-0.05, 0) is 13.8 Å². The molecule has 0 unspecified atom stereocenters. The normalized spacial score (nSPS) is 12.7. The van der Waals surface area contributed by atoms with Crippen LogP contribution < -0.4 is 22.1 Å². The third-order valence-corrected chi connectivity index (χ3v) is 2.32. The Morgan fingerprint density at radius 2 is 1.41 bits per heavy atom. The number of carbonyl (C=O) groups excluding carboxylic acids is 4. The van der Waals surface area contributed by atoms with Gasteiger partial charge in [-0.2, -0.15) is 0 Å². The topological polar surface area (TPSA) is 185 Å². The van der Waals surface area contributed by atoms with Gasteiger partial charge in [-0.15, -0.1) is 24.8 Å². The number of rotatable bonds is 7. The Bertz CT molecular complexity index is 432. The van der Waals surface area contributed by atoms with E-state index in [2.05, 4.69) is 5.32 Å². The molecule has 22 heavy (non-hydrogen) atoms. The maximum absolute atomic E-state index is 11.5. The number of carbonyl (C=O) groups is 4. The smallest absolute Gasteiger partial charge is 0.252 e. The number of aliphatic hydroxyl groups is 2. The van der Waals surface area contributed by atoms with E-state index in [4.69, 9.17) is 11.5 Å². The third kappa shape index (κ3) is 7.98. The average Bonchev–Trinajstić information content (AvgIpc) is 2.33. The van der Waals surface area contributed by atoms with E-state index < -0.39 is 47.9 Å². The lowest BCUT2D eigenvalue weighted by Crippen LogP contribution is -2.58. The summed E-state index contributed by atoms with van der Waals surface area (Å²) in [5.41, 5.74) is 8.30. The Morgan fingerprint density at radius 3 is 1.77 bits per heavy atom. The van der Waals surface area contributed by atoms with E-state index in [1.807, 2.05) is 5.32 Å². The molecule has 0 radical (unpaired) electrons. The molecule has 0 spiro atoms. The summed E-state index contributed by atoms with van der Waals surface area (Å²) in [6.07, 6.45) is -4.26. The van der Waals surface area contributed by atoms with Crippen LogP contribution >= 0.6 is 24.8 Å². The zero-order valence-electron chi connectivity index (χ0n) is 11.9. The number of primary amides is 2. The van der Waals surface area contributed by atoms with Gasteiger partial charge in [0.05, 0.1) is 6.54 Å². The molecule has 10 nitrogen and oxygen atoms in total. The van der Waals surface area contributed by atoms with Crippen LogP contribution in [0.1, 0.15) is 13.8 Å². The van der Waals surface area contributed by atoms with E-state index in [-0.39, 0.29) is 24.8 Å². The summed E-state index contributed by atoms with van der Waals surface area (Å²) in [6, 6.07) is 0. The van der Waals surface area contributed by atoms with E-state index in [9.17, 15) is 29.4 Å². The van der Waals surface area contributed by atoms with Gasteiger partial charge in [0.25, 0.3) is 11.8 Å². The first-order valence-electron chi connectivity index (χ1n) is 5.53. The Labute approximate surface area is 138 Å². The first-order valence-corrected chi connectivity index (χ1v) is 5.53. The van der Waals surface area contributed by atoms with Crippen molar-refractivity contribution in [3.8, 4) is 0 Å². The zero-order valence-corrected chi connectivity index (χ0v) is 13.5. The summed E-state index contributed by atoms with van der Waals surface area (Å²) in [5.74, 6) is -4.07. The van der Waals surface area contributed by atoms with Crippen molar-refractivity contribution in [1.82, 2.24) is 10.6 Å². The fourth-order valence-corrected chi connectivity index (χ4v) is 1.01. The fourth-order valence-electron chi connectivity index (χ4n) is 1.01. The van der Waals surface area contributed by atoms with Gasteiger partial charge in [-0.25, -0.2) is 0 Å². The van der Waals surface area contributed by atoms with Gasteiger partial charge in [0.1, 0.15) is 5.54 Å². The molecule has 12 heteroatoms. The molecule has 0 aromatic heterocycles. The minimum atomic E-state index is -2.14. The van der Waals surface area contributed by atoms with Gasteiger partial charge in [0.2, 0.25) is 11.8 Å². The lowest BCUT2D eigenvalue weighted by molar-refractivity contribution is -0.148. The number of halogens is 2.